The molecule has 0 aliphatic rings. The lowest BCUT2D eigenvalue weighted by atomic mass is 10.1. The van der Waals surface area contributed by atoms with Crippen molar-refractivity contribution in [2.45, 2.75) is 38.6 Å². The van der Waals surface area contributed by atoms with Crippen molar-refractivity contribution in [3.05, 3.63) is 64.7 Å². The van der Waals surface area contributed by atoms with Crippen molar-refractivity contribution in [3.63, 3.8) is 0 Å². The molecule has 2 aromatic carbocycles. The third-order valence-electron chi connectivity index (χ3n) is 3.84. The smallest absolute Gasteiger partial charge is 0.240 e. The maximum absolute atomic E-state index is 12.3. The summed E-state index contributed by atoms with van der Waals surface area (Å²) in [6, 6.07) is 13.0. The van der Waals surface area contributed by atoms with E-state index in [0.717, 1.165) is 16.7 Å². The molecule has 0 spiro atoms. The number of benzene rings is 2. The Morgan fingerprint density at radius 3 is 2.40 bits per heavy atom. The third-order valence-corrected chi connectivity index (χ3v) is 5.46. The van der Waals surface area contributed by atoms with Crippen LogP contribution in [0.3, 0.4) is 0 Å². The van der Waals surface area contributed by atoms with Gasteiger partial charge in [-0.3, -0.25) is 4.79 Å². The second-order valence-electron chi connectivity index (χ2n) is 6.18. The second kappa shape index (κ2) is 8.27. The lowest BCUT2D eigenvalue weighted by molar-refractivity contribution is -0.121. The minimum absolute atomic E-state index is 0.0648. The van der Waals surface area contributed by atoms with E-state index in [1.165, 1.54) is 0 Å². The van der Waals surface area contributed by atoms with Crippen LogP contribution in [0.4, 0.5) is 0 Å². The molecular formula is C19H24N2O3S. The van der Waals surface area contributed by atoms with E-state index in [2.05, 4.69) is 10.0 Å². The summed E-state index contributed by atoms with van der Waals surface area (Å²) in [5.74, 6) is -0.190. The molecule has 0 heterocycles. The van der Waals surface area contributed by atoms with Crippen molar-refractivity contribution in [2.24, 2.45) is 0 Å². The van der Waals surface area contributed by atoms with Gasteiger partial charge in [-0.15, -0.1) is 0 Å². The zero-order valence-corrected chi connectivity index (χ0v) is 15.6. The summed E-state index contributed by atoms with van der Waals surface area (Å²) in [7, 11) is -3.61. The Bertz CT molecular complexity index is 861. The van der Waals surface area contributed by atoms with Crippen LogP contribution in [-0.4, -0.2) is 20.9 Å². The van der Waals surface area contributed by atoms with Crippen molar-refractivity contribution in [1.29, 1.82) is 0 Å². The molecule has 6 heteroatoms. The van der Waals surface area contributed by atoms with Crippen LogP contribution in [0.15, 0.2) is 47.4 Å². The summed E-state index contributed by atoms with van der Waals surface area (Å²) in [5.41, 5.74) is 3.85. The molecule has 0 saturated carbocycles. The fourth-order valence-corrected chi connectivity index (χ4v) is 3.84. The first-order chi connectivity index (χ1) is 11.8. The molecule has 0 atom stereocenters. The summed E-state index contributed by atoms with van der Waals surface area (Å²) in [6.07, 6.45) is 0.0932. The van der Waals surface area contributed by atoms with Gasteiger partial charge in [-0.1, -0.05) is 47.5 Å². The molecule has 0 aromatic heterocycles. The van der Waals surface area contributed by atoms with Crippen molar-refractivity contribution in [1.82, 2.24) is 10.0 Å². The van der Waals surface area contributed by atoms with Gasteiger partial charge in [0.15, 0.2) is 0 Å². The van der Waals surface area contributed by atoms with Gasteiger partial charge in [0.1, 0.15) is 0 Å². The van der Waals surface area contributed by atoms with Gasteiger partial charge in [-0.25, -0.2) is 13.1 Å². The minimum atomic E-state index is -3.61. The predicted octanol–water partition coefficient (Wildman–Crippen LogP) is 2.60. The molecule has 134 valence electrons. The molecule has 0 saturated heterocycles. The Hall–Kier alpha value is -2.18. The van der Waals surface area contributed by atoms with Gasteiger partial charge < -0.3 is 5.32 Å². The molecule has 0 aliphatic heterocycles. The molecule has 0 fully saturated rings. The molecule has 0 radical (unpaired) electrons. The van der Waals surface area contributed by atoms with Crippen LogP contribution in [0.2, 0.25) is 0 Å². The standard InChI is InChI=1S/C19H24N2O3S/c1-14-5-4-6-17(12-14)13-20-19(22)9-10-21-25(23,24)18-8-7-15(2)11-16(18)3/h4-8,11-12,21H,9-10,13H2,1-3H3,(H,20,22). The van der Waals surface area contributed by atoms with Crippen LogP contribution in [-0.2, 0) is 21.4 Å². The van der Waals surface area contributed by atoms with Crippen molar-refractivity contribution < 1.29 is 13.2 Å². The summed E-state index contributed by atoms with van der Waals surface area (Å²) in [5, 5.41) is 2.80. The molecular weight excluding hydrogens is 336 g/mol. The molecule has 1 amide bonds. The third kappa shape index (κ3) is 5.69. The number of carbonyl (C=O) groups excluding carboxylic acids is 1. The van der Waals surface area contributed by atoms with Gasteiger partial charge in [-0.2, -0.15) is 0 Å². The number of sulfonamides is 1. The molecule has 0 bridgehead atoms. The van der Waals surface area contributed by atoms with Crippen LogP contribution in [0.5, 0.6) is 0 Å². The van der Waals surface area contributed by atoms with Gasteiger partial charge in [0.05, 0.1) is 4.90 Å². The summed E-state index contributed by atoms with van der Waals surface area (Å²) < 4.78 is 27.1. The largest absolute Gasteiger partial charge is 0.352 e. The van der Waals surface area contributed by atoms with Crippen molar-refractivity contribution >= 4 is 15.9 Å². The number of nitrogens with one attached hydrogen (secondary N) is 2. The topological polar surface area (TPSA) is 75.3 Å². The number of carbonyl (C=O) groups is 1. The van der Waals surface area contributed by atoms with Gasteiger partial charge >= 0.3 is 0 Å². The Labute approximate surface area is 149 Å². The van der Waals surface area contributed by atoms with Crippen LogP contribution in [0.25, 0.3) is 0 Å². The first-order valence-electron chi connectivity index (χ1n) is 8.17. The Kier molecular flexibility index (Phi) is 6.33. The van der Waals surface area contributed by atoms with Gasteiger partial charge in [-0.05, 0) is 38.0 Å². The van der Waals surface area contributed by atoms with E-state index in [9.17, 15) is 13.2 Å². The Morgan fingerprint density at radius 2 is 1.72 bits per heavy atom. The second-order valence-corrected chi connectivity index (χ2v) is 7.92. The lowest BCUT2D eigenvalue weighted by Crippen LogP contribution is -2.30. The predicted molar refractivity (Wildman–Crippen MR) is 98.7 cm³/mol. The zero-order valence-electron chi connectivity index (χ0n) is 14.8. The first kappa shape index (κ1) is 19.1. The van der Waals surface area contributed by atoms with E-state index in [1.807, 2.05) is 44.2 Å². The highest BCUT2D eigenvalue weighted by molar-refractivity contribution is 7.89. The van der Waals surface area contributed by atoms with E-state index in [1.54, 1.807) is 19.1 Å². The van der Waals surface area contributed by atoms with Gasteiger partial charge in [0.25, 0.3) is 0 Å². The summed E-state index contributed by atoms with van der Waals surface area (Å²) in [6.45, 7) is 6.16. The quantitative estimate of drug-likeness (QED) is 0.797. The normalized spacial score (nSPS) is 11.3. The fraction of sp³-hybridized carbons (Fsp3) is 0.316. The average molecular weight is 360 g/mol. The van der Waals surface area contributed by atoms with Crippen LogP contribution in [0, 0.1) is 20.8 Å². The maximum Gasteiger partial charge on any atom is 0.240 e. The number of aryl methyl sites for hydroxylation is 3. The molecule has 2 aromatic rings. The van der Waals surface area contributed by atoms with E-state index < -0.39 is 10.0 Å². The Balaban J connectivity index is 1.83. The van der Waals surface area contributed by atoms with Gasteiger partial charge in [0, 0.05) is 19.5 Å². The van der Waals surface area contributed by atoms with Crippen LogP contribution in [0.1, 0.15) is 28.7 Å². The highest BCUT2D eigenvalue weighted by Crippen LogP contribution is 2.16. The van der Waals surface area contributed by atoms with E-state index >= 15 is 0 Å². The summed E-state index contributed by atoms with van der Waals surface area (Å²) >= 11 is 0. The molecule has 5 nitrogen and oxygen atoms in total. The van der Waals surface area contributed by atoms with Crippen LogP contribution >= 0.6 is 0 Å². The fourth-order valence-electron chi connectivity index (χ4n) is 2.59. The monoisotopic (exact) mass is 360 g/mol. The van der Waals surface area contributed by atoms with E-state index in [0.29, 0.717) is 12.1 Å². The molecule has 0 aliphatic carbocycles. The highest BCUT2D eigenvalue weighted by Gasteiger charge is 2.16. The number of rotatable bonds is 7. The molecule has 25 heavy (non-hydrogen) atoms. The highest BCUT2D eigenvalue weighted by atomic mass is 32.2. The molecule has 2 N–H and O–H groups in total. The SMILES string of the molecule is Cc1cccc(CNC(=O)CCNS(=O)(=O)c2ccc(C)cc2C)c1. The summed E-state index contributed by atoms with van der Waals surface area (Å²) in [4.78, 5) is 12.1. The zero-order chi connectivity index (χ0) is 18.4. The molecule has 2 rings (SSSR count). The van der Waals surface area contributed by atoms with Gasteiger partial charge in [0.2, 0.25) is 15.9 Å². The van der Waals surface area contributed by atoms with Crippen LogP contribution < -0.4 is 10.0 Å². The first-order valence-corrected chi connectivity index (χ1v) is 9.65. The maximum atomic E-state index is 12.3. The number of hydrogen-bond acceptors (Lipinski definition) is 3. The van der Waals surface area contributed by atoms with E-state index in [-0.39, 0.29) is 23.8 Å². The van der Waals surface area contributed by atoms with E-state index in [4.69, 9.17) is 0 Å². The average Bonchev–Trinajstić information content (AvgIpc) is 2.52. The Morgan fingerprint density at radius 1 is 1.00 bits per heavy atom. The lowest BCUT2D eigenvalue weighted by Gasteiger charge is -2.10. The number of hydrogen-bond donors (Lipinski definition) is 2. The van der Waals surface area contributed by atoms with Crippen molar-refractivity contribution in [2.75, 3.05) is 6.54 Å². The number of amides is 1. The van der Waals surface area contributed by atoms with Crippen molar-refractivity contribution in [3.8, 4) is 0 Å². The molecule has 0 unspecified atom stereocenters. The minimum Gasteiger partial charge on any atom is -0.352 e.